The number of ether oxygens (including phenoxy) is 2. The number of thiazole rings is 1. The van der Waals surface area contributed by atoms with E-state index in [2.05, 4.69) is 20.7 Å². The van der Waals surface area contributed by atoms with E-state index in [1.807, 2.05) is 5.38 Å². The topological polar surface area (TPSA) is 89.8 Å². The predicted octanol–water partition coefficient (Wildman–Crippen LogP) is 3.98. The minimum absolute atomic E-state index is 0.338. The summed E-state index contributed by atoms with van der Waals surface area (Å²) in [6, 6.07) is 11.2. The number of nitrogens with zero attached hydrogens (tertiary/aromatic N) is 3. The second-order valence-electron chi connectivity index (χ2n) is 6.54. The molecule has 0 radical (unpaired) electrons. The monoisotopic (exact) mass is 441 g/mol. The summed E-state index contributed by atoms with van der Waals surface area (Å²) in [5, 5.41) is 11.9. The van der Waals surface area contributed by atoms with Crippen molar-refractivity contribution in [3.8, 4) is 22.9 Å². The Bertz CT molecular complexity index is 1220. The number of hydrogen-bond acceptors (Lipinski definition) is 6. The van der Waals surface area contributed by atoms with Crippen molar-refractivity contribution >= 4 is 28.0 Å². The minimum Gasteiger partial charge on any atom is -0.493 e. The molecule has 0 aliphatic carbocycles. The molecule has 31 heavy (non-hydrogen) atoms. The molecule has 0 bridgehead atoms. The molecule has 0 spiro atoms. The summed E-state index contributed by atoms with van der Waals surface area (Å²) in [5.74, 6) is 1.08. The first-order chi connectivity index (χ1) is 15.1. The third-order valence-corrected chi connectivity index (χ3v) is 5.44. The van der Waals surface area contributed by atoms with Crippen LogP contribution in [0.1, 0.15) is 5.69 Å². The Morgan fingerprint density at radius 3 is 2.74 bits per heavy atom. The fourth-order valence-corrected chi connectivity index (χ4v) is 3.90. The second kappa shape index (κ2) is 9.00. The Morgan fingerprint density at radius 2 is 1.97 bits per heavy atom. The number of fused-ring (bicyclic) bond motifs is 1. The average molecular weight is 441 g/mol. The van der Waals surface area contributed by atoms with E-state index in [0.717, 1.165) is 5.69 Å². The largest absolute Gasteiger partial charge is 0.493 e. The molecule has 4 aromatic rings. The first-order valence-corrected chi connectivity index (χ1v) is 10.3. The van der Waals surface area contributed by atoms with Crippen LogP contribution in [-0.2, 0) is 6.42 Å². The second-order valence-corrected chi connectivity index (χ2v) is 7.37. The van der Waals surface area contributed by atoms with Gasteiger partial charge in [0.1, 0.15) is 5.82 Å². The molecule has 2 heterocycles. The lowest BCUT2D eigenvalue weighted by atomic mass is 10.2. The number of nitrogens with one attached hydrogen (secondary N) is 2. The Labute approximate surface area is 181 Å². The van der Waals surface area contributed by atoms with Gasteiger partial charge in [-0.15, -0.1) is 16.4 Å². The number of amides is 2. The van der Waals surface area contributed by atoms with Crippen LogP contribution in [0.25, 0.3) is 16.3 Å². The van der Waals surface area contributed by atoms with E-state index in [1.54, 1.807) is 48.0 Å². The summed E-state index contributed by atoms with van der Waals surface area (Å²) in [6.45, 7) is 0.389. The van der Waals surface area contributed by atoms with Crippen LogP contribution in [0.15, 0.2) is 47.8 Å². The zero-order chi connectivity index (χ0) is 21.8. The van der Waals surface area contributed by atoms with Crippen molar-refractivity contribution in [2.75, 3.05) is 26.1 Å². The molecule has 0 aliphatic heterocycles. The lowest BCUT2D eigenvalue weighted by Crippen LogP contribution is -2.30. The van der Waals surface area contributed by atoms with Crippen molar-refractivity contribution < 1.29 is 18.7 Å². The summed E-state index contributed by atoms with van der Waals surface area (Å²) in [4.78, 5) is 17.3. The van der Waals surface area contributed by atoms with Gasteiger partial charge >= 0.3 is 6.03 Å². The van der Waals surface area contributed by atoms with Crippen molar-refractivity contribution in [1.82, 2.24) is 19.9 Å². The van der Waals surface area contributed by atoms with Crippen molar-refractivity contribution in [2.24, 2.45) is 0 Å². The van der Waals surface area contributed by atoms with Gasteiger partial charge in [-0.05, 0) is 24.3 Å². The summed E-state index contributed by atoms with van der Waals surface area (Å²) >= 11 is 1.42. The third-order valence-electron chi connectivity index (χ3n) is 4.57. The van der Waals surface area contributed by atoms with E-state index < -0.39 is 0 Å². The van der Waals surface area contributed by atoms with E-state index in [-0.39, 0.29) is 11.8 Å². The molecular formula is C21H20FN5O3S. The number of urea groups is 1. The van der Waals surface area contributed by atoms with Crippen LogP contribution >= 0.6 is 11.3 Å². The van der Waals surface area contributed by atoms with Gasteiger partial charge in [-0.25, -0.2) is 13.7 Å². The van der Waals surface area contributed by atoms with Crippen molar-refractivity contribution in [1.29, 1.82) is 0 Å². The number of aromatic nitrogens is 3. The standard InChI is InChI=1S/C21H20FN5O3S/c1-29-17-8-7-13(11-18(17)30-2)24-20(28)23-10-9-14-12-31-21-25-19(26-27(14)21)15-5-3-4-6-16(15)22/h3-8,11-12H,9-10H2,1-2H3,(H2,23,24,28). The number of rotatable bonds is 7. The van der Waals surface area contributed by atoms with Gasteiger partial charge in [0.25, 0.3) is 0 Å². The number of hydrogen-bond donors (Lipinski definition) is 2. The van der Waals surface area contributed by atoms with Gasteiger partial charge in [0.2, 0.25) is 4.96 Å². The summed E-state index contributed by atoms with van der Waals surface area (Å²) in [6.07, 6.45) is 0.541. The Morgan fingerprint density at radius 1 is 1.16 bits per heavy atom. The van der Waals surface area contributed by atoms with Gasteiger partial charge in [-0.3, -0.25) is 0 Å². The quantitative estimate of drug-likeness (QED) is 0.453. The smallest absolute Gasteiger partial charge is 0.319 e. The van der Waals surface area contributed by atoms with Crippen molar-refractivity contribution in [3.63, 3.8) is 0 Å². The molecule has 2 aromatic heterocycles. The van der Waals surface area contributed by atoms with Crippen LogP contribution in [0.2, 0.25) is 0 Å². The maximum atomic E-state index is 14.0. The van der Waals surface area contributed by atoms with Gasteiger partial charge in [-0.2, -0.15) is 4.98 Å². The number of methoxy groups -OCH3 is 2. The van der Waals surface area contributed by atoms with Crippen molar-refractivity contribution in [2.45, 2.75) is 6.42 Å². The van der Waals surface area contributed by atoms with Gasteiger partial charge in [-0.1, -0.05) is 12.1 Å². The van der Waals surface area contributed by atoms with Gasteiger partial charge in [0.15, 0.2) is 17.3 Å². The van der Waals surface area contributed by atoms with E-state index in [1.165, 1.54) is 24.5 Å². The van der Waals surface area contributed by atoms with E-state index in [9.17, 15) is 9.18 Å². The van der Waals surface area contributed by atoms with Crippen LogP contribution in [0.3, 0.4) is 0 Å². The lowest BCUT2D eigenvalue weighted by Gasteiger charge is -2.11. The molecule has 2 N–H and O–H groups in total. The third kappa shape index (κ3) is 4.43. The lowest BCUT2D eigenvalue weighted by molar-refractivity contribution is 0.252. The molecule has 8 nitrogen and oxygen atoms in total. The molecule has 0 aliphatic rings. The number of carbonyl (C=O) groups excluding carboxylic acids is 1. The highest BCUT2D eigenvalue weighted by Gasteiger charge is 2.14. The minimum atomic E-state index is -0.365. The molecule has 160 valence electrons. The van der Waals surface area contributed by atoms with Crippen LogP contribution in [0.4, 0.5) is 14.9 Å². The molecular weight excluding hydrogens is 421 g/mol. The van der Waals surface area contributed by atoms with Gasteiger partial charge in [0.05, 0.1) is 25.5 Å². The maximum absolute atomic E-state index is 14.0. The SMILES string of the molecule is COc1ccc(NC(=O)NCCc2csc3nc(-c4ccccc4F)nn23)cc1OC. The average Bonchev–Trinajstić information content (AvgIpc) is 3.35. The highest BCUT2D eigenvalue weighted by atomic mass is 32.1. The Kier molecular flexibility index (Phi) is 5.99. The fraction of sp³-hybridized carbons (Fsp3) is 0.190. The highest BCUT2D eigenvalue weighted by Crippen LogP contribution is 2.29. The summed E-state index contributed by atoms with van der Waals surface area (Å²) in [7, 11) is 3.08. The van der Waals surface area contributed by atoms with E-state index in [0.29, 0.717) is 46.5 Å². The Balaban J connectivity index is 1.37. The fourth-order valence-electron chi connectivity index (χ4n) is 3.05. The molecule has 0 unspecified atom stereocenters. The summed E-state index contributed by atoms with van der Waals surface area (Å²) < 4.78 is 26.1. The number of halogens is 1. The Hall–Kier alpha value is -3.66. The van der Waals surface area contributed by atoms with Crippen LogP contribution in [0.5, 0.6) is 11.5 Å². The normalized spacial score (nSPS) is 10.8. The van der Waals surface area contributed by atoms with E-state index in [4.69, 9.17) is 9.47 Å². The number of anilines is 1. The highest BCUT2D eigenvalue weighted by molar-refractivity contribution is 7.15. The van der Waals surface area contributed by atoms with Crippen LogP contribution in [0, 0.1) is 5.82 Å². The first kappa shape index (κ1) is 20.6. The molecule has 4 rings (SSSR count). The maximum Gasteiger partial charge on any atom is 0.319 e. The molecule has 10 heteroatoms. The molecule has 0 atom stereocenters. The number of carbonyl (C=O) groups is 1. The van der Waals surface area contributed by atoms with E-state index >= 15 is 0 Å². The van der Waals surface area contributed by atoms with Crippen molar-refractivity contribution in [3.05, 3.63) is 59.4 Å². The zero-order valence-corrected chi connectivity index (χ0v) is 17.7. The molecule has 0 fully saturated rings. The number of benzene rings is 2. The predicted molar refractivity (Wildman–Crippen MR) is 117 cm³/mol. The van der Waals surface area contributed by atoms with Gasteiger partial charge < -0.3 is 20.1 Å². The molecule has 0 saturated carbocycles. The van der Waals surface area contributed by atoms with Crippen LogP contribution in [-0.4, -0.2) is 41.4 Å². The first-order valence-electron chi connectivity index (χ1n) is 9.44. The molecule has 2 aromatic carbocycles. The van der Waals surface area contributed by atoms with Gasteiger partial charge in [0, 0.05) is 30.1 Å². The molecule has 0 saturated heterocycles. The summed E-state index contributed by atoms with van der Waals surface area (Å²) in [5.41, 5.74) is 1.82. The van der Waals surface area contributed by atoms with Crippen LogP contribution < -0.4 is 20.1 Å². The molecule has 2 amide bonds. The zero-order valence-electron chi connectivity index (χ0n) is 16.9.